The van der Waals surface area contributed by atoms with Crippen LogP contribution in [0, 0.1) is 18.3 Å². The Kier molecular flexibility index (Phi) is 5.11. The molecule has 0 saturated heterocycles. The van der Waals surface area contributed by atoms with E-state index in [9.17, 15) is 13.2 Å². The van der Waals surface area contributed by atoms with E-state index in [1.54, 1.807) is 36.4 Å². The molecule has 0 bridgehead atoms. The van der Waals surface area contributed by atoms with Gasteiger partial charge in [-0.3, -0.25) is 4.79 Å². The maximum absolute atomic E-state index is 12.1. The molecule has 0 aliphatic rings. The average molecular weight is 329 g/mol. The zero-order valence-corrected chi connectivity index (χ0v) is 13.2. The zero-order valence-electron chi connectivity index (χ0n) is 12.4. The highest BCUT2D eigenvalue weighted by atomic mass is 32.2. The molecule has 7 heteroatoms. The summed E-state index contributed by atoms with van der Waals surface area (Å²) in [5.74, 6) is -0.495. The summed E-state index contributed by atoms with van der Waals surface area (Å²) in [5, 5.41) is 11.2. The van der Waals surface area contributed by atoms with Crippen LogP contribution in [-0.4, -0.2) is 20.9 Å². The topological polar surface area (TPSA) is 99.1 Å². The van der Waals surface area contributed by atoms with E-state index in [0.717, 1.165) is 5.56 Å². The number of nitriles is 1. The number of benzene rings is 2. The summed E-state index contributed by atoms with van der Waals surface area (Å²) in [7, 11) is -3.73. The van der Waals surface area contributed by atoms with Gasteiger partial charge in [0.1, 0.15) is 0 Å². The molecule has 2 aromatic rings. The van der Waals surface area contributed by atoms with Crippen molar-refractivity contribution in [3.8, 4) is 6.07 Å². The first-order valence-corrected chi connectivity index (χ1v) is 8.25. The van der Waals surface area contributed by atoms with Crippen LogP contribution in [0.3, 0.4) is 0 Å². The summed E-state index contributed by atoms with van der Waals surface area (Å²) in [4.78, 5) is 11.9. The van der Waals surface area contributed by atoms with Gasteiger partial charge < -0.3 is 5.32 Å². The minimum absolute atomic E-state index is 0.106. The van der Waals surface area contributed by atoms with Gasteiger partial charge in [-0.05, 0) is 43.3 Å². The number of nitrogens with zero attached hydrogens (tertiary/aromatic N) is 1. The van der Waals surface area contributed by atoms with Crippen molar-refractivity contribution in [2.24, 2.45) is 0 Å². The molecule has 0 aliphatic carbocycles. The van der Waals surface area contributed by atoms with E-state index in [1.807, 2.05) is 13.0 Å². The van der Waals surface area contributed by atoms with Gasteiger partial charge in [-0.15, -0.1) is 0 Å². The van der Waals surface area contributed by atoms with Crippen molar-refractivity contribution >= 4 is 21.6 Å². The Bertz CT molecular complexity index is 836. The van der Waals surface area contributed by atoms with Gasteiger partial charge in [0.15, 0.2) is 0 Å². The highest BCUT2D eigenvalue weighted by molar-refractivity contribution is 7.89. The van der Waals surface area contributed by atoms with Crippen LogP contribution in [0.15, 0.2) is 53.4 Å². The number of hydrogen-bond donors (Lipinski definition) is 2. The molecule has 6 nitrogen and oxygen atoms in total. The predicted octanol–water partition coefficient (Wildman–Crippen LogP) is 1.78. The third-order valence-corrected chi connectivity index (χ3v) is 4.47. The number of rotatable bonds is 5. The molecule has 23 heavy (non-hydrogen) atoms. The van der Waals surface area contributed by atoms with Crippen LogP contribution in [0.1, 0.15) is 11.1 Å². The van der Waals surface area contributed by atoms with Crippen molar-refractivity contribution in [2.75, 3.05) is 11.9 Å². The van der Waals surface area contributed by atoms with E-state index in [-0.39, 0.29) is 11.4 Å². The largest absolute Gasteiger partial charge is 0.325 e. The number of amides is 1. The number of sulfonamides is 1. The Balaban J connectivity index is 1.95. The molecule has 0 saturated carbocycles. The quantitative estimate of drug-likeness (QED) is 0.873. The Morgan fingerprint density at radius 1 is 1.09 bits per heavy atom. The van der Waals surface area contributed by atoms with Crippen molar-refractivity contribution in [1.29, 1.82) is 5.26 Å². The Labute approximate surface area is 134 Å². The lowest BCUT2D eigenvalue weighted by atomic mass is 10.2. The van der Waals surface area contributed by atoms with Crippen LogP contribution in [0.25, 0.3) is 0 Å². The molecule has 2 aromatic carbocycles. The third kappa shape index (κ3) is 4.64. The highest BCUT2D eigenvalue weighted by Gasteiger charge is 2.15. The van der Waals surface area contributed by atoms with Crippen LogP contribution in [0.4, 0.5) is 5.69 Å². The molecule has 0 radical (unpaired) electrons. The van der Waals surface area contributed by atoms with E-state index in [2.05, 4.69) is 10.0 Å². The van der Waals surface area contributed by atoms with E-state index in [4.69, 9.17) is 5.26 Å². The maximum atomic E-state index is 12.1. The molecule has 0 aromatic heterocycles. The first kappa shape index (κ1) is 16.7. The molecule has 0 fully saturated rings. The van der Waals surface area contributed by atoms with Crippen LogP contribution in [-0.2, 0) is 14.8 Å². The van der Waals surface area contributed by atoms with Crippen LogP contribution in [0.5, 0.6) is 0 Å². The van der Waals surface area contributed by atoms with Crippen LogP contribution < -0.4 is 10.0 Å². The van der Waals surface area contributed by atoms with Crippen LogP contribution >= 0.6 is 0 Å². The standard InChI is InChI=1S/C16H15N3O3S/c1-12-2-8-15(9-3-12)23(21,22)18-11-16(20)19-14-6-4-13(10-17)5-7-14/h2-9,18H,11H2,1H3,(H,19,20). The van der Waals surface area contributed by atoms with Crippen molar-refractivity contribution in [3.63, 3.8) is 0 Å². The Morgan fingerprint density at radius 2 is 1.70 bits per heavy atom. The molecule has 0 atom stereocenters. The highest BCUT2D eigenvalue weighted by Crippen LogP contribution is 2.10. The molecular weight excluding hydrogens is 314 g/mol. The van der Waals surface area contributed by atoms with Gasteiger partial charge in [0.25, 0.3) is 0 Å². The summed E-state index contributed by atoms with van der Waals surface area (Å²) in [6, 6.07) is 14.6. The number of hydrogen-bond acceptors (Lipinski definition) is 4. The van der Waals surface area contributed by atoms with Gasteiger partial charge in [-0.25, -0.2) is 13.1 Å². The first-order chi connectivity index (χ1) is 10.9. The van der Waals surface area contributed by atoms with E-state index in [1.165, 1.54) is 12.1 Å². The van der Waals surface area contributed by atoms with Crippen molar-refractivity contribution < 1.29 is 13.2 Å². The number of aryl methyl sites for hydroxylation is 1. The summed E-state index contributed by atoms with van der Waals surface area (Å²) >= 11 is 0. The fourth-order valence-corrected chi connectivity index (χ4v) is 2.78. The Morgan fingerprint density at radius 3 is 2.26 bits per heavy atom. The molecule has 0 aliphatic heterocycles. The van der Waals surface area contributed by atoms with Crippen molar-refractivity contribution in [3.05, 3.63) is 59.7 Å². The molecule has 2 rings (SSSR count). The number of carbonyl (C=O) groups excluding carboxylic acids is 1. The van der Waals surface area contributed by atoms with Crippen molar-refractivity contribution in [2.45, 2.75) is 11.8 Å². The first-order valence-electron chi connectivity index (χ1n) is 6.77. The fourth-order valence-electron chi connectivity index (χ4n) is 1.79. The molecule has 118 valence electrons. The monoisotopic (exact) mass is 329 g/mol. The van der Waals surface area contributed by atoms with Gasteiger partial charge >= 0.3 is 0 Å². The minimum Gasteiger partial charge on any atom is -0.325 e. The normalized spacial score (nSPS) is 10.8. The SMILES string of the molecule is Cc1ccc(S(=O)(=O)NCC(=O)Nc2ccc(C#N)cc2)cc1. The lowest BCUT2D eigenvalue weighted by molar-refractivity contribution is -0.115. The van der Waals surface area contributed by atoms with Gasteiger partial charge in [0.05, 0.1) is 23.1 Å². The van der Waals surface area contributed by atoms with Crippen LogP contribution in [0.2, 0.25) is 0 Å². The van der Waals surface area contributed by atoms with Gasteiger partial charge in [-0.2, -0.15) is 5.26 Å². The second-order valence-electron chi connectivity index (χ2n) is 4.87. The van der Waals surface area contributed by atoms with Gasteiger partial charge in [-0.1, -0.05) is 17.7 Å². The van der Waals surface area contributed by atoms with Gasteiger partial charge in [0.2, 0.25) is 15.9 Å². The average Bonchev–Trinajstić information content (AvgIpc) is 2.54. The molecule has 1 amide bonds. The molecule has 0 unspecified atom stereocenters. The lowest BCUT2D eigenvalue weighted by Crippen LogP contribution is -2.32. The predicted molar refractivity (Wildman–Crippen MR) is 86.2 cm³/mol. The lowest BCUT2D eigenvalue weighted by Gasteiger charge is -2.08. The number of anilines is 1. The summed E-state index contributed by atoms with van der Waals surface area (Å²) in [6.45, 7) is 1.48. The summed E-state index contributed by atoms with van der Waals surface area (Å²) < 4.78 is 26.4. The van der Waals surface area contributed by atoms with Crippen molar-refractivity contribution in [1.82, 2.24) is 4.72 Å². The zero-order chi connectivity index (χ0) is 16.9. The Hall–Kier alpha value is -2.69. The minimum atomic E-state index is -3.73. The molecule has 2 N–H and O–H groups in total. The van der Waals surface area contributed by atoms with E-state index < -0.39 is 15.9 Å². The second kappa shape index (κ2) is 7.05. The number of nitrogens with one attached hydrogen (secondary N) is 2. The fraction of sp³-hybridized carbons (Fsp3) is 0.125. The third-order valence-electron chi connectivity index (χ3n) is 3.05. The number of carbonyl (C=O) groups is 1. The van der Waals surface area contributed by atoms with Gasteiger partial charge in [0, 0.05) is 5.69 Å². The summed E-state index contributed by atoms with van der Waals surface area (Å²) in [5.41, 5.74) is 1.91. The van der Waals surface area contributed by atoms with E-state index in [0.29, 0.717) is 11.3 Å². The second-order valence-corrected chi connectivity index (χ2v) is 6.64. The summed E-state index contributed by atoms with van der Waals surface area (Å²) in [6.07, 6.45) is 0. The van der Waals surface area contributed by atoms with E-state index >= 15 is 0 Å². The molecule has 0 heterocycles. The molecular formula is C16H15N3O3S. The maximum Gasteiger partial charge on any atom is 0.241 e. The smallest absolute Gasteiger partial charge is 0.241 e. The molecule has 0 spiro atoms.